The lowest BCUT2D eigenvalue weighted by atomic mass is 10.0. The maximum atomic E-state index is 6.34. The number of para-hydroxylation sites is 4. The second kappa shape index (κ2) is 11.4. The van der Waals surface area contributed by atoms with Crippen molar-refractivity contribution in [2.75, 3.05) is 0 Å². The fraction of sp³-hybridized carbons (Fsp3) is 0. The summed E-state index contributed by atoms with van der Waals surface area (Å²) in [5.41, 5.74) is 10.1. The van der Waals surface area contributed by atoms with E-state index in [0.29, 0.717) is 5.95 Å². The highest BCUT2D eigenvalue weighted by atomic mass is 16.3. The Morgan fingerprint density at radius 2 is 0.947 bits per heavy atom. The van der Waals surface area contributed by atoms with Crippen LogP contribution in [-0.4, -0.2) is 19.1 Å². The summed E-state index contributed by atoms with van der Waals surface area (Å²) in [6, 6.07) is 65.0. The smallest absolute Gasteiger partial charge is 0.235 e. The zero-order valence-electron chi connectivity index (χ0n) is 30.5. The van der Waals surface area contributed by atoms with Crippen LogP contribution in [0.25, 0.3) is 121 Å². The number of fused-ring (bicyclic) bond motifs is 12. The molecule has 5 nitrogen and oxygen atoms in total. The molecule has 0 bridgehead atoms. The zero-order valence-corrected chi connectivity index (χ0v) is 30.5. The molecule has 0 fully saturated rings. The summed E-state index contributed by atoms with van der Waals surface area (Å²) in [4.78, 5) is 10.7. The van der Waals surface area contributed by atoms with Gasteiger partial charge in [-0.05, 0) is 94.3 Å². The molecule has 0 saturated carbocycles. The van der Waals surface area contributed by atoms with Gasteiger partial charge in [0.05, 0.1) is 33.3 Å². The van der Waals surface area contributed by atoms with Crippen molar-refractivity contribution in [3.05, 3.63) is 182 Å². The van der Waals surface area contributed by atoms with E-state index in [9.17, 15) is 0 Å². The fourth-order valence-corrected chi connectivity index (χ4v) is 9.25. The Morgan fingerprint density at radius 1 is 0.351 bits per heavy atom. The number of rotatable bonds is 3. The molecule has 0 saturated heterocycles. The standard InChI is InChI=1S/C52H30N4O/c1-2-12-32-28-47-42(26-31(32)11-1)37-13-4-8-18-45(37)55(47)36-23-21-33-27-43-38-14-5-9-19-46(38)56(48(43)29-35(33)25-36)52-53-44-17-7-3-16-41(44)51(54-52)34-22-24-40-39-15-6-10-20-49(39)57-50(40)30-34/h1-30H. The fourth-order valence-electron chi connectivity index (χ4n) is 9.25. The minimum Gasteiger partial charge on any atom is -0.456 e. The summed E-state index contributed by atoms with van der Waals surface area (Å²) < 4.78 is 11.0. The van der Waals surface area contributed by atoms with E-state index in [1.807, 2.05) is 18.2 Å². The molecule has 13 rings (SSSR count). The van der Waals surface area contributed by atoms with E-state index < -0.39 is 0 Å². The zero-order chi connectivity index (χ0) is 37.2. The van der Waals surface area contributed by atoms with Crippen molar-refractivity contribution < 1.29 is 4.42 Å². The van der Waals surface area contributed by atoms with Gasteiger partial charge in [0, 0.05) is 49.0 Å². The third-order valence-corrected chi connectivity index (χ3v) is 11.9. The molecule has 4 heterocycles. The molecule has 0 spiro atoms. The van der Waals surface area contributed by atoms with E-state index in [0.717, 1.165) is 77.0 Å². The maximum absolute atomic E-state index is 6.34. The molecule has 9 aromatic carbocycles. The van der Waals surface area contributed by atoms with Crippen LogP contribution in [0.1, 0.15) is 0 Å². The molecule has 4 aromatic heterocycles. The molecule has 13 aromatic rings. The van der Waals surface area contributed by atoms with Crippen LogP contribution in [0.5, 0.6) is 0 Å². The first kappa shape index (κ1) is 30.6. The summed E-state index contributed by atoms with van der Waals surface area (Å²) >= 11 is 0. The second-order valence-corrected chi connectivity index (χ2v) is 15.0. The molecule has 0 aliphatic carbocycles. The van der Waals surface area contributed by atoms with Gasteiger partial charge < -0.3 is 8.98 Å². The molecule has 0 atom stereocenters. The van der Waals surface area contributed by atoms with Crippen LogP contribution < -0.4 is 0 Å². The van der Waals surface area contributed by atoms with Crippen molar-refractivity contribution >= 4 is 98.0 Å². The predicted molar refractivity (Wildman–Crippen MR) is 236 cm³/mol. The average molecular weight is 727 g/mol. The van der Waals surface area contributed by atoms with Gasteiger partial charge in [0.25, 0.3) is 0 Å². The van der Waals surface area contributed by atoms with Crippen LogP contribution in [-0.2, 0) is 0 Å². The normalized spacial score (nSPS) is 12.2. The molecule has 5 heteroatoms. The summed E-state index contributed by atoms with van der Waals surface area (Å²) in [5, 5.41) is 12.8. The van der Waals surface area contributed by atoms with Gasteiger partial charge in [-0.3, -0.25) is 4.57 Å². The van der Waals surface area contributed by atoms with E-state index in [1.165, 1.54) is 38.0 Å². The Labute approximate surface area is 325 Å². The van der Waals surface area contributed by atoms with E-state index in [-0.39, 0.29) is 0 Å². The van der Waals surface area contributed by atoms with Gasteiger partial charge >= 0.3 is 0 Å². The number of furan rings is 1. The van der Waals surface area contributed by atoms with E-state index >= 15 is 0 Å². The first-order chi connectivity index (χ1) is 28.2. The molecule has 264 valence electrons. The van der Waals surface area contributed by atoms with Gasteiger partial charge in [0.2, 0.25) is 5.95 Å². The molecular weight excluding hydrogens is 697 g/mol. The minimum atomic E-state index is 0.629. The Kier molecular flexibility index (Phi) is 6.10. The second-order valence-electron chi connectivity index (χ2n) is 15.0. The Hall–Kier alpha value is -7.76. The Balaban J connectivity index is 1.05. The highest BCUT2D eigenvalue weighted by Crippen LogP contribution is 2.39. The van der Waals surface area contributed by atoms with Gasteiger partial charge in [0.1, 0.15) is 11.2 Å². The van der Waals surface area contributed by atoms with E-state index in [1.54, 1.807) is 0 Å². The van der Waals surface area contributed by atoms with Crippen molar-refractivity contribution in [1.82, 2.24) is 19.1 Å². The van der Waals surface area contributed by atoms with Crippen molar-refractivity contribution in [3.63, 3.8) is 0 Å². The van der Waals surface area contributed by atoms with Crippen LogP contribution in [0.2, 0.25) is 0 Å². The highest BCUT2D eigenvalue weighted by Gasteiger charge is 2.20. The molecule has 0 aliphatic rings. The predicted octanol–water partition coefficient (Wildman–Crippen LogP) is 13.7. The quantitative estimate of drug-likeness (QED) is 0.182. The lowest BCUT2D eigenvalue weighted by molar-refractivity contribution is 0.669. The number of nitrogens with zero attached hydrogens (tertiary/aromatic N) is 4. The molecule has 0 radical (unpaired) electrons. The van der Waals surface area contributed by atoms with Gasteiger partial charge in [-0.25, -0.2) is 9.97 Å². The van der Waals surface area contributed by atoms with Crippen molar-refractivity contribution in [2.45, 2.75) is 0 Å². The maximum Gasteiger partial charge on any atom is 0.235 e. The topological polar surface area (TPSA) is 48.8 Å². The van der Waals surface area contributed by atoms with Gasteiger partial charge in [-0.1, -0.05) is 109 Å². The lowest BCUT2D eigenvalue weighted by Gasteiger charge is -2.12. The summed E-state index contributed by atoms with van der Waals surface area (Å²) in [5.74, 6) is 0.629. The van der Waals surface area contributed by atoms with E-state index in [2.05, 4.69) is 173 Å². The number of hydrogen-bond donors (Lipinski definition) is 0. The lowest BCUT2D eigenvalue weighted by Crippen LogP contribution is -2.03. The van der Waals surface area contributed by atoms with Crippen molar-refractivity contribution in [2.24, 2.45) is 0 Å². The average Bonchev–Trinajstić information content (AvgIpc) is 3.91. The number of aromatic nitrogens is 4. The third kappa shape index (κ3) is 4.39. The number of benzene rings is 9. The highest BCUT2D eigenvalue weighted by molar-refractivity contribution is 6.16. The first-order valence-electron chi connectivity index (χ1n) is 19.3. The van der Waals surface area contributed by atoms with Gasteiger partial charge in [0.15, 0.2) is 0 Å². The molecule has 0 amide bonds. The van der Waals surface area contributed by atoms with Gasteiger partial charge in [-0.2, -0.15) is 0 Å². The van der Waals surface area contributed by atoms with Crippen LogP contribution in [0, 0.1) is 0 Å². The van der Waals surface area contributed by atoms with Crippen LogP contribution >= 0.6 is 0 Å². The monoisotopic (exact) mass is 726 g/mol. The van der Waals surface area contributed by atoms with Crippen LogP contribution in [0.15, 0.2) is 186 Å². The summed E-state index contributed by atoms with van der Waals surface area (Å²) in [6.07, 6.45) is 0. The Morgan fingerprint density at radius 3 is 1.75 bits per heavy atom. The SMILES string of the molecule is c1ccc2cc3c(cc2c1)c1ccccc1n3-c1ccc2cc3c4ccccc4n(-c4nc(-c5ccc6c(c5)oc5ccccc56)c5ccccc5n4)c3cc2c1. The molecular formula is C52H30N4O. The molecule has 0 unspecified atom stereocenters. The molecule has 0 N–H and O–H groups in total. The van der Waals surface area contributed by atoms with Crippen LogP contribution in [0.3, 0.4) is 0 Å². The number of hydrogen-bond acceptors (Lipinski definition) is 3. The first-order valence-corrected chi connectivity index (χ1v) is 19.3. The summed E-state index contributed by atoms with van der Waals surface area (Å²) in [6.45, 7) is 0. The Bertz CT molecular complexity index is 3830. The molecule has 0 aliphatic heterocycles. The minimum absolute atomic E-state index is 0.629. The molecule has 57 heavy (non-hydrogen) atoms. The van der Waals surface area contributed by atoms with Gasteiger partial charge in [-0.15, -0.1) is 0 Å². The van der Waals surface area contributed by atoms with Crippen LogP contribution in [0.4, 0.5) is 0 Å². The third-order valence-electron chi connectivity index (χ3n) is 11.9. The summed E-state index contributed by atoms with van der Waals surface area (Å²) in [7, 11) is 0. The largest absolute Gasteiger partial charge is 0.456 e. The van der Waals surface area contributed by atoms with E-state index in [4.69, 9.17) is 14.4 Å². The van der Waals surface area contributed by atoms with Crippen molar-refractivity contribution in [3.8, 4) is 22.9 Å². The van der Waals surface area contributed by atoms with Crippen molar-refractivity contribution in [1.29, 1.82) is 0 Å².